The van der Waals surface area contributed by atoms with Crippen LogP contribution in [0.5, 0.6) is 0 Å². The minimum absolute atomic E-state index is 0.00935. The van der Waals surface area contributed by atoms with Gasteiger partial charge in [-0.3, -0.25) is 0 Å². The van der Waals surface area contributed by atoms with Crippen LogP contribution in [0.25, 0.3) is 0 Å². The number of carboxylic acids is 1. The molecule has 0 aromatic rings. The molecule has 4 heteroatoms. The van der Waals surface area contributed by atoms with Gasteiger partial charge in [0.2, 0.25) is 5.83 Å². The van der Waals surface area contributed by atoms with Crippen LogP contribution in [-0.4, -0.2) is 24.3 Å². The molecule has 1 rings (SSSR count). The molecule has 0 bridgehead atoms. The maximum absolute atomic E-state index is 12.5. The van der Waals surface area contributed by atoms with Gasteiger partial charge in [-0.05, 0) is 18.4 Å². The van der Waals surface area contributed by atoms with E-state index in [2.05, 4.69) is 0 Å². The third kappa shape index (κ3) is 1.57. The van der Waals surface area contributed by atoms with Crippen molar-refractivity contribution < 1.29 is 19.0 Å². The zero-order chi connectivity index (χ0) is 8.43. The summed E-state index contributed by atoms with van der Waals surface area (Å²) in [7, 11) is 1.53. The largest absolute Gasteiger partial charge is 0.476 e. The van der Waals surface area contributed by atoms with Crippen LogP contribution >= 0.6 is 0 Å². The molecule has 0 radical (unpaired) electrons. The minimum Gasteiger partial charge on any atom is -0.476 e. The monoisotopic (exact) mass is 160 g/mol. The summed E-state index contributed by atoms with van der Waals surface area (Å²) < 4.78 is 17.4. The van der Waals surface area contributed by atoms with E-state index in [1.54, 1.807) is 0 Å². The number of hydrogen-bond acceptors (Lipinski definition) is 2. The first-order valence-corrected chi connectivity index (χ1v) is 3.28. The van der Waals surface area contributed by atoms with Crippen LogP contribution in [-0.2, 0) is 9.53 Å². The van der Waals surface area contributed by atoms with Gasteiger partial charge in [0, 0.05) is 7.11 Å². The van der Waals surface area contributed by atoms with Gasteiger partial charge in [0.25, 0.3) is 0 Å². The molecule has 62 valence electrons. The molecule has 0 heterocycles. The number of carbonyl (C=O) groups is 1. The fourth-order valence-corrected chi connectivity index (χ4v) is 0.987. The first kappa shape index (κ1) is 8.20. The molecule has 1 saturated carbocycles. The topological polar surface area (TPSA) is 46.5 Å². The lowest BCUT2D eigenvalue weighted by molar-refractivity contribution is -0.134. The Morgan fingerprint density at radius 2 is 2.27 bits per heavy atom. The van der Waals surface area contributed by atoms with Crippen LogP contribution < -0.4 is 0 Å². The second kappa shape index (κ2) is 3.00. The standard InChI is InChI=1S/C7H9FO3/c1-11-5-2-4(3-5)6(8)7(9)10/h5H,2-3H2,1H3,(H,9,10). The van der Waals surface area contributed by atoms with Crippen molar-refractivity contribution in [2.45, 2.75) is 18.9 Å². The SMILES string of the molecule is COC1CC(=C(F)C(=O)O)C1. The fourth-order valence-electron chi connectivity index (χ4n) is 0.987. The maximum Gasteiger partial charge on any atom is 0.364 e. The average Bonchev–Trinajstić information content (AvgIpc) is 1.85. The summed E-state index contributed by atoms with van der Waals surface area (Å²) in [5.74, 6) is -2.49. The Kier molecular flexibility index (Phi) is 2.24. The van der Waals surface area contributed by atoms with E-state index in [0.717, 1.165) is 0 Å². The number of aliphatic carboxylic acids is 1. The zero-order valence-electron chi connectivity index (χ0n) is 6.13. The Morgan fingerprint density at radius 3 is 2.64 bits per heavy atom. The van der Waals surface area contributed by atoms with E-state index in [0.29, 0.717) is 18.4 Å². The molecule has 0 atom stereocenters. The van der Waals surface area contributed by atoms with E-state index >= 15 is 0 Å². The molecule has 0 aliphatic heterocycles. The minimum atomic E-state index is -1.48. The molecule has 1 aliphatic carbocycles. The second-order valence-corrected chi connectivity index (χ2v) is 2.49. The van der Waals surface area contributed by atoms with Crippen LogP contribution in [0.2, 0.25) is 0 Å². The van der Waals surface area contributed by atoms with Crippen molar-refractivity contribution in [2.75, 3.05) is 7.11 Å². The fraction of sp³-hybridized carbons (Fsp3) is 0.571. The molecule has 0 saturated heterocycles. The molecule has 11 heavy (non-hydrogen) atoms. The van der Waals surface area contributed by atoms with Crippen molar-refractivity contribution in [1.29, 1.82) is 0 Å². The predicted octanol–water partition coefficient (Wildman–Crippen LogP) is 1.10. The quantitative estimate of drug-likeness (QED) is 0.615. The van der Waals surface area contributed by atoms with Crippen molar-refractivity contribution in [3.63, 3.8) is 0 Å². The number of halogens is 1. The van der Waals surface area contributed by atoms with Gasteiger partial charge in [-0.25, -0.2) is 4.79 Å². The summed E-state index contributed by atoms with van der Waals surface area (Å²) in [4.78, 5) is 10.1. The molecule has 0 unspecified atom stereocenters. The third-order valence-corrected chi connectivity index (χ3v) is 1.78. The van der Waals surface area contributed by atoms with Gasteiger partial charge in [0.05, 0.1) is 6.10 Å². The number of hydrogen-bond donors (Lipinski definition) is 1. The number of rotatable bonds is 2. The van der Waals surface area contributed by atoms with Crippen LogP contribution in [0.4, 0.5) is 4.39 Å². The molecule has 1 N–H and O–H groups in total. The molecule has 1 aliphatic rings. The van der Waals surface area contributed by atoms with Gasteiger partial charge in [-0.2, -0.15) is 4.39 Å². The molecule has 0 spiro atoms. The summed E-state index contributed by atoms with van der Waals surface area (Å²) in [5.41, 5.74) is 0.351. The van der Waals surface area contributed by atoms with Gasteiger partial charge in [-0.15, -0.1) is 0 Å². The smallest absolute Gasteiger partial charge is 0.364 e. The highest BCUT2D eigenvalue weighted by molar-refractivity contribution is 5.85. The molecule has 1 fully saturated rings. The second-order valence-electron chi connectivity index (χ2n) is 2.49. The number of carboxylic acid groups (broad SMARTS) is 1. The van der Waals surface area contributed by atoms with E-state index in [1.165, 1.54) is 7.11 Å². The third-order valence-electron chi connectivity index (χ3n) is 1.78. The first-order valence-electron chi connectivity index (χ1n) is 3.28. The summed E-state index contributed by atoms with van der Waals surface area (Å²) >= 11 is 0. The Labute approximate surface area is 63.5 Å². The van der Waals surface area contributed by atoms with Crippen molar-refractivity contribution >= 4 is 5.97 Å². The lowest BCUT2D eigenvalue weighted by atomic mass is 9.88. The van der Waals surface area contributed by atoms with E-state index in [4.69, 9.17) is 9.84 Å². The van der Waals surface area contributed by atoms with Crippen molar-refractivity contribution in [1.82, 2.24) is 0 Å². The van der Waals surface area contributed by atoms with E-state index in [1.807, 2.05) is 0 Å². The van der Waals surface area contributed by atoms with Gasteiger partial charge in [-0.1, -0.05) is 0 Å². The van der Waals surface area contributed by atoms with Crippen molar-refractivity contribution in [3.05, 3.63) is 11.4 Å². The van der Waals surface area contributed by atoms with E-state index in [-0.39, 0.29) is 6.10 Å². The maximum atomic E-state index is 12.5. The zero-order valence-corrected chi connectivity index (χ0v) is 6.13. The lowest BCUT2D eigenvalue weighted by Gasteiger charge is -2.27. The van der Waals surface area contributed by atoms with Crippen molar-refractivity contribution in [2.24, 2.45) is 0 Å². The van der Waals surface area contributed by atoms with Crippen LogP contribution in [0.3, 0.4) is 0 Å². The summed E-state index contributed by atoms with van der Waals surface area (Å²) in [6, 6.07) is 0. The van der Waals surface area contributed by atoms with Crippen molar-refractivity contribution in [3.8, 4) is 0 Å². The Hall–Kier alpha value is -0.900. The van der Waals surface area contributed by atoms with Crippen LogP contribution in [0.15, 0.2) is 11.4 Å². The number of ether oxygens (including phenoxy) is 1. The first-order chi connectivity index (χ1) is 5.15. The molecule has 0 aromatic heterocycles. The van der Waals surface area contributed by atoms with E-state index in [9.17, 15) is 9.18 Å². The Morgan fingerprint density at radius 1 is 1.73 bits per heavy atom. The summed E-state index contributed by atoms with van der Waals surface area (Å²) in [6.07, 6.45) is 0.832. The highest BCUT2D eigenvalue weighted by Gasteiger charge is 2.28. The highest BCUT2D eigenvalue weighted by Crippen LogP contribution is 2.31. The highest BCUT2D eigenvalue weighted by atomic mass is 19.1. The Balaban J connectivity index is 2.52. The lowest BCUT2D eigenvalue weighted by Crippen LogP contribution is -2.24. The molecular weight excluding hydrogens is 151 g/mol. The number of methoxy groups -OCH3 is 1. The summed E-state index contributed by atoms with van der Waals surface area (Å²) in [6.45, 7) is 0. The molecule has 3 nitrogen and oxygen atoms in total. The van der Waals surface area contributed by atoms with Gasteiger partial charge < -0.3 is 9.84 Å². The van der Waals surface area contributed by atoms with E-state index < -0.39 is 11.8 Å². The normalized spacial score (nSPS) is 22.7. The van der Waals surface area contributed by atoms with Gasteiger partial charge in [0.15, 0.2) is 0 Å². The molecule has 0 aromatic carbocycles. The summed E-state index contributed by atoms with van der Waals surface area (Å²) in [5, 5.41) is 8.20. The van der Waals surface area contributed by atoms with Crippen LogP contribution in [0.1, 0.15) is 12.8 Å². The average molecular weight is 160 g/mol. The predicted molar refractivity (Wildman–Crippen MR) is 35.8 cm³/mol. The molecular formula is C7H9FO3. The van der Waals surface area contributed by atoms with Gasteiger partial charge >= 0.3 is 5.97 Å². The van der Waals surface area contributed by atoms with Gasteiger partial charge in [0.1, 0.15) is 0 Å². The Bertz CT molecular complexity index is 202. The van der Waals surface area contributed by atoms with Crippen LogP contribution in [0, 0.1) is 0 Å². The molecule has 0 amide bonds.